The second-order valence-electron chi connectivity index (χ2n) is 13.0. The molecule has 3 aliphatic rings. The van der Waals surface area contributed by atoms with E-state index in [1.807, 2.05) is 13.0 Å². The van der Waals surface area contributed by atoms with Crippen molar-refractivity contribution in [1.29, 1.82) is 5.26 Å². The predicted octanol–water partition coefficient (Wildman–Crippen LogP) is 7.15. The number of thiophene rings is 1. The van der Waals surface area contributed by atoms with Crippen LogP contribution in [-0.4, -0.2) is 58.1 Å². The largest absolute Gasteiger partial charge is 0.389 e. The van der Waals surface area contributed by atoms with Gasteiger partial charge < -0.3 is 16.4 Å². The van der Waals surface area contributed by atoms with Crippen molar-refractivity contribution >= 4 is 48.7 Å². The summed E-state index contributed by atoms with van der Waals surface area (Å²) < 4.78 is 76.2. The molecule has 0 spiro atoms. The van der Waals surface area contributed by atoms with Gasteiger partial charge in [0, 0.05) is 48.1 Å². The molecule has 14 heteroatoms. The van der Waals surface area contributed by atoms with Crippen LogP contribution in [0.5, 0.6) is 0 Å². The van der Waals surface area contributed by atoms with Gasteiger partial charge in [-0.2, -0.15) is 14.0 Å². The van der Waals surface area contributed by atoms with E-state index < -0.39 is 34.6 Å². The summed E-state index contributed by atoms with van der Waals surface area (Å²) in [5.74, 6) is -2.25. The zero-order valence-electron chi connectivity index (χ0n) is 26.3. The summed E-state index contributed by atoms with van der Waals surface area (Å²) in [6.07, 6.45) is 2.21. The van der Waals surface area contributed by atoms with Crippen molar-refractivity contribution in [2.45, 2.75) is 51.0 Å². The van der Waals surface area contributed by atoms with E-state index >= 15 is 8.78 Å². The van der Waals surface area contributed by atoms with Gasteiger partial charge in [-0.05, 0) is 56.7 Å². The number of aryl methyl sites for hydroxylation is 1. The molecule has 3 aliphatic heterocycles. The first-order chi connectivity index (χ1) is 23.0. The zero-order chi connectivity index (χ0) is 33.9. The zero-order valence-corrected chi connectivity index (χ0v) is 27.1. The number of rotatable bonds is 4. The number of aromatic nitrogens is 3. The molecule has 4 aromatic rings. The lowest BCUT2D eigenvalue weighted by Gasteiger charge is -2.31. The minimum Gasteiger partial charge on any atom is -0.389 e. The van der Waals surface area contributed by atoms with Gasteiger partial charge in [-0.15, -0.1) is 11.3 Å². The number of hydrogen-bond acceptors (Lipinski definition) is 9. The van der Waals surface area contributed by atoms with Crippen LogP contribution in [0.1, 0.15) is 56.0 Å². The summed E-state index contributed by atoms with van der Waals surface area (Å²) in [7, 11) is 0. The third kappa shape index (κ3) is 5.28. The number of nitrogen functional groups attached to an aromatic ring is 1. The highest BCUT2D eigenvalue weighted by Gasteiger charge is 2.47. The Morgan fingerprint density at radius 3 is 2.77 bits per heavy atom. The summed E-state index contributed by atoms with van der Waals surface area (Å²) in [6, 6.07) is 1.94. The number of nitrogens with one attached hydrogen (secondary N) is 2. The maximum atomic E-state index is 17.0. The lowest BCUT2D eigenvalue weighted by atomic mass is 9.87. The SMILES string of the molecule is C=C1C[C@@H](C)CNCCNc2nc(CCC34CCCN3CC(=C(F)F)C4)nc3c(F)c(-c4ncc(F)c5sc(N)c(C#N)c45)c(F)c1c23. The molecule has 48 heavy (non-hydrogen) atoms. The number of benzene rings is 1. The van der Waals surface area contributed by atoms with Gasteiger partial charge in [0.25, 0.3) is 6.08 Å². The molecule has 6 heterocycles. The fraction of sp³-hybridized carbons (Fsp3) is 0.412. The van der Waals surface area contributed by atoms with Gasteiger partial charge in [0.1, 0.15) is 34.0 Å². The van der Waals surface area contributed by atoms with Crippen LogP contribution in [0.3, 0.4) is 0 Å². The number of halogens is 5. The van der Waals surface area contributed by atoms with Crippen molar-refractivity contribution in [2.24, 2.45) is 5.92 Å². The second kappa shape index (κ2) is 12.4. The maximum absolute atomic E-state index is 17.0. The van der Waals surface area contributed by atoms with Gasteiger partial charge in [-0.25, -0.2) is 23.1 Å². The van der Waals surface area contributed by atoms with Crippen molar-refractivity contribution in [2.75, 3.05) is 43.8 Å². The molecule has 1 aromatic carbocycles. The molecular formula is C34H33F5N8S. The number of pyridine rings is 1. The number of fused-ring (bicyclic) bond motifs is 2. The van der Waals surface area contributed by atoms with Crippen LogP contribution in [0, 0.1) is 34.7 Å². The highest BCUT2D eigenvalue weighted by molar-refractivity contribution is 7.23. The minimum atomic E-state index is -1.64. The van der Waals surface area contributed by atoms with Gasteiger partial charge in [0.05, 0.1) is 33.1 Å². The highest BCUT2D eigenvalue weighted by Crippen LogP contribution is 2.47. The second-order valence-corrected chi connectivity index (χ2v) is 14.1. The van der Waals surface area contributed by atoms with Gasteiger partial charge in [-0.3, -0.25) is 9.88 Å². The highest BCUT2D eigenvalue weighted by atomic mass is 32.1. The monoisotopic (exact) mass is 680 g/mol. The van der Waals surface area contributed by atoms with E-state index in [1.165, 1.54) is 0 Å². The third-order valence-corrected chi connectivity index (χ3v) is 10.9. The fourth-order valence-corrected chi connectivity index (χ4v) is 8.62. The van der Waals surface area contributed by atoms with Crippen LogP contribution in [0.2, 0.25) is 0 Å². The molecule has 0 amide bonds. The van der Waals surface area contributed by atoms with E-state index in [0.717, 1.165) is 30.4 Å². The van der Waals surface area contributed by atoms with Crippen molar-refractivity contribution in [3.63, 3.8) is 0 Å². The molecule has 3 aromatic heterocycles. The summed E-state index contributed by atoms with van der Waals surface area (Å²) in [5.41, 5.74) is 4.96. The van der Waals surface area contributed by atoms with Gasteiger partial charge >= 0.3 is 0 Å². The van der Waals surface area contributed by atoms with E-state index in [9.17, 15) is 18.4 Å². The Bertz CT molecular complexity index is 2070. The van der Waals surface area contributed by atoms with Crippen LogP contribution in [0.4, 0.5) is 32.8 Å². The molecule has 2 fully saturated rings. The van der Waals surface area contributed by atoms with Crippen molar-refractivity contribution < 1.29 is 22.0 Å². The van der Waals surface area contributed by atoms with E-state index in [1.54, 1.807) is 0 Å². The topological polar surface area (TPSA) is 116 Å². The summed E-state index contributed by atoms with van der Waals surface area (Å²) in [5, 5.41) is 16.5. The molecule has 0 aliphatic carbocycles. The minimum absolute atomic E-state index is 0.000547. The standard InChI is InChI=1S/C34H33F5N8S/c1-16-10-17(2)22-24-29(27(37)25(26(22)36)28-23-19(12-40)32(41)48-30(23)20(35)14-44-28)45-21(46-33(24)43-8-7-42-13-16)4-6-34-5-3-9-47(34)15-18(11-34)31(38)39/h14,16,42H,2-11,13,15,41H2,1H3,(H,43,45,46)/t16-,34?/m1/s1. The Kier molecular flexibility index (Phi) is 8.33. The first-order valence-electron chi connectivity index (χ1n) is 15.9. The number of nitrogens with two attached hydrogens (primary N) is 1. The first-order valence-corrected chi connectivity index (χ1v) is 16.7. The molecule has 1 unspecified atom stereocenters. The summed E-state index contributed by atoms with van der Waals surface area (Å²) in [4.78, 5) is 15.6. The van der Waals surface area contributed by atoms with E-state index in [2.05, 4.69) is 32.1 Å². The number of hydrogen-bond donors (Lipinski definition) is 3. The fourth-order valence-electron chi connectivity index (χ4n) is 7.70. The molecule has 0 bridgehead atoms. The van der Waals surface area contributed by atoms with Crippen molar-refractivity contribution in [3.8, 4) is 17.3 Å². The van der Waals surface area contributed by atoms with Gasteiger partial charge in [0.2, 0.25) is 0 Å². The Morgan fingerprint density at radius 2 is 2.00 bits per heavy atom. The summed E-state index contributed by atoms with van der Waals surface area (Å²) >= 11 is 0.803. The molecule has 2 saturated heterocycles. The molecule has 8 nitrogen and oxygen atoms in total. The molecule has 0 radical (unpaired) electrons. The van der Waals surface area contributed by atoms with E-state index in [0.29, 0.717) is 44.6 Å². The third-order valence-electron chi connectivity index (χ3n) is 9.90. The van der Waals surface area contributed by atoms with Gasteiger partial charge in [0.15, 0.2) is 11.6 Å². The number of nitriles is 1. The smallest absolute Gasteiger partial charge is 0.270 e. The van der Waals surface area contributed by atoms with Crippen LogP contribution in [-0.2, 0) is 6.42 Å². The van der Waals surface area contributed by atoms with Crippen LogP contribution >= 0.6 is 11.3 Å². The number of allylic oxidation sites excluding steroid dienone is 1. The average molecular weight is 681 g/mol. The average Bonchev–Trinajstić information content (AvgIpc) is 3.71. The molecule has 4 N–H and O–H groups in total. The maximum Gasteiger partial charge on any atom is 0.270 e. The Hall–Kier alpha value is -4.19. The predicted molar refractivity (Wildman–Crippen MR) is 177 cm³/mol. The molecule has 0 saturated carbocycles. The number of anilines is 2. The summed E-state index contributed by atoms with van der Waals surface area (Å²) in [6.45, 7) is 8.72. The Labute approximate surface area is 277 Å². The van der Waals surface area contributed by atoms with Crippen molar-refractivity contribution in [3.05, 3.63) is 58.8 Å². The Balaban J connectivity index is 1.45. The van der Waals surface area contributed by atoms with E-state index in [4.69, 9.17) is 10.7 Å². The number of nitrogens with zero attached hydrogens (tertiary/aromatic N) is 5. The molecule has 250 valence electrons. The Morgan fingerprint density at radius 1 is 1.19 bits per heavy atom. The van der Waals surface area contributed by atoms with Crippen LogP contribution < -0.4 is 16.4 Å². The van der Waals surface area contributed by atoms with Crippen LogP contribution in [0.15, 0.2) is 24.4 Å². The normalized spacial score (nSPS) is 21.7. The quantitative estimate of drug-likeness (QED) is 0.195. The lowest BCUT2D eigenvalue weighted by molar-refractivity contribution is 0.182. The molecule has 7 rings (SSSR count). The van der Waals surface area contributed by atoms with Crippen LogP contribution in [0.25, 0.3) is 37.8 Å². The first kappa shape index (κ1) is 32.4. The van der Waals surface area contributed by atoms with Crippen molar-refractivity contribution in [1.82, 2.24) is 25.2 Å². The lowest BCUT2D eigenvalue weighted by Crippen LogP contribution is -2.38. The molecule has 2 atom stereocenters. The molecular weight excluding hydrogens is 647 g/mol. The van der Waals surface area contributed by atoms with Gasteiger partial charge in [-0.1, -0.05) is 13.5 Å². The van der Waals surface area contributed by atoms with E-state index in [-0.39, 0.29) is 85.3 Å².